The Balaban J connectivity index is 1.59. The molecule has 0 saturated carbocycles. The minimum absolute atomic E-state index is 0.00213. The van der Waals surface area contributed by atoms with E-state index in [2.05, 4.69) is 9.71 Å². The second-order valence-corrected chi connectivity index (χ2v) is 10.0. The Hall–Kier alpha value is -3.63. The Morgan fingerprint density at radius 2 is 1.62 bits per heavy atom. The Bertz CT molecular complexity index is 1310. The summed E-state index contributed by atoms with van der Waals surface area (Å²) in [6, 6.07) is 23.2. The lowest BCUT2D eigenvalue weighted by Gasteiger charge is -2.16. The van der Waals surface area contributed by atoms with Crippen LogP contribution < -0.4 is 15.0 Å². The number of hydrogen-bond donors (Lipinski definition) is 1. The SMILES string of the molecule is COc1ccc(NC(=O)CC2SC(=NS(=O)(=O)c3ccccc3)N(c3ccccc3)C2=O)cc1. The number of carbonyl (C=O) groups excluding carboxylic acids is 2. The van der Waals surface area contributed by atoms with Crippen LogP contribution in [0.2, 0.25) is 0 Å². The summed E-state index contributed by atoms with van der Waals surface area (Å²) in [5.74, 6) is -0.141. The highest BCUT2D eigenvalue weighted by Crippen LogP contribution is 2.35. The van der Waals surface area contributed by atoms with Crippen molar-refractivity contribution in [2.24, 2.45) is 4.40 Å². The van der Waals surface area contributed by atoms with Crippen molar-refractivity contribution in [1.82, 2.24) is 0 Å². The molecule has 0 radical (unpaired) electrons. The first-order valence-corrected chi connectivity index (χ1v) is 12.6. The molecule has 2 amide bonds. The van der Waals surface area contributed by atoms with Crippen molar-refractivity contribution < 1.29 is 22.7 Å². The van der Waals surface area contributed by atoms with Gasteiger partial charge >= 0.3 is 0 Å². The van der Waals surface area contributed by atoms with Crippen LogP contribution in [0.5, 0.6) is 5.75 Å². The first-order valence-electron chi connectivity index (χ1n) is 10.3. The van der Waals surface area contributed by atoms with E-state index in [0.717, 1.165) is 11.8 Å². The van der Waals surface area contributed by atoms with Crippen molar-refractivity contribution in [2.75, 3.05) is 17.3 Å². The van der Waals surface area contributed by atoms with Gasteiger partial charge in [-0.1, -0.05) is 48.2 Å². The van der Waals surface area contributed by atoms with Gasteiger partial charge in [0.1, 0.15) is 11.0 Å². The highest BCUT2D eigenvalue weighted by atomic mass is 32.2. The number of hydrogen-bond acceptors (Lipinski definition) is 6. The maximum absolute atomic E-state index is 13.2. The molecular weight excluding hydrogens is 474 g/mol. The van der Waals surface area contributed by atoms with Gasteiger partial charge in [0.15, 0.2) is 5.17 Å². The fourth-order valence-corrected chi connectivity index (χ4v) is 5.63. The van der Waals surface area contributed by atoms with Gasteiger partial charge in [-0.25, -0.2) is 0 Å². The van der Waals surface area contributed by atoms with Crippen molar-refractivity contribution in [3.05, 3.63) is 84.9 Å². The number of amidine groups is 1. The number of methoxy groups -OCH3 is 1. The lowest BCUT2D eigenvalue weighted by Crippen LogP contribution is -2.33. The van der Waals surface area contributed by atoms with E-state index in [1.165, 1.54) is 17.0 Å². The molecule has 10 heteroatoms. The molecule has 174 valence electrons. The summed E-state index contributed by atoms with van der Waals surface area (Å²) in [5, 5.41) is 1.92. The molecule has 1 saturated heterocycles. The summed E-state index contributed by atoms with van der Waals surface area (Å²) < 4.78 is 34.8. The van der Waals surface area contributed by atoms with E-state index in [-0.39, 0.29) is 22.4 Å². The van der Waals surface area contributed by atoms with Crippen LogP contribution in [0, 0.1) is 0 Å². The smallest absolute Gasteiger partial charge is 0.284 e. The maximum Gasteiger partial charge on any atom is 0.284 e. The zero-order chi connectivity index (χ0) is 24.1. The van der Waals surface area contributed by atoms with E-state index in [0.29, 0.717) is 17.1 Å². The number of carbonyl (C=O) groups is 2. The highest BCUT2D eigenvalue weighted by molar-refractivity contribution is 8.16. The van der Waals surface area contributed by atoms with Gasteiger partial charge in [-0.15, -0.1) is 4.40 Å². The molecule has 1 fully saturated rings. The second kappa shape index (κ2) is 10.1. The number of anilines is 2. The topological polar surface area (TPSA) is 105 Å². The number of thioether (sulfide) groups is 1. The molecule has 1 aliphatic rings. The van der Waals surface area contributed by atoms with Crippen molar-refractivity contribution in [1.29, 1.82) is 0 Å². The molecule has 1 N–H and O–H groups in total. The molecule has 3 aromatic carbocycles. The quantitative estimate of drug-likeness (QED) is 0.533. The summed E-state index contributed by atoms with van der Waals surface area (Å²) in [4.78, 5) is 27.1. The summed E-state index contributed by atoms with van der Waals surface area (Å²) in [6.45, 7) is 0. The predicted octanol–water partition coefficient (Wildman–Crippen LogP) is 3.92. The average molecular weight is 496 g/mol. The molecule has 1 heterocycles. The summed E-state index contributed by atoms with van der Waals surface area (Å²) in [6.07, 6.45) is -0.150. The molecule has 0 bridgehead atoms. The van der Waals surface area contributed by atoms with Gasteiger partial charge in [0.05, 0.1) is 17.7 Å². The van der Waals surface area contributed by atoms with Crippen LogP contribution in [-0.4, -0.2) is 37.8 Å². The minimum atomic E-state index is -4.05. The van der Waals surface area contributed by atoms with E-state index in [1.807, 2.05) is 0 Å². The van der Waals surface area contributed by atoms with Crippen LogP contribution in [0.1, 0.15) is 6.42 Å². The minimum Gasteiger partial charge on any atom is -0.497 e. The molecule has 1 atom stereocenters. The number of ether oxygens (including phenoxy) is 1. The number of para-hydroxylation sites is 1. The summed E-state index contributed by atoms with van der Waals surface area (Å²) in [5.41, 5.74) is 1.03. The molecule has 0 aliphatic carbocycles. The largest absolute Gasteiger partial charge is 0.497 e. The van der Waals surface area contributed by atoms with E-state index < -0.39 is 21.2 Å². The molecule has 3 aromatic rings. The number of nitrogens with zero attached hydrogens (tertiary/aromatic N) is 2. The zero-order valence-electron chi connectivity index (χ0n) is 18.1. The molecular formula is C24H21N3O5S2. The molecule has 4 rings (SSSR count). The van der Waals surface area contributed by atoms with Gasteiger partial charge in [0.25, 0.3) is 10.0 Å². The van der Waals surface area contributed by atoms with Crippen LogP contribution in [0.4, 0.5) is 11.4 Å². The third-order valence-corrected chi connectivity index (χ3v) is 7.47. The standard InChI is InChI=1S/C24H21N3O5S2/c1-32-19-14-12-17(13-15-19)25-22(28)16-21-23(29)27(18-8-4-2-5-9-18)24(33-21)26-34(30,31)20-10-6-3-7-11-20/h2-15,21H,16H2,1H3,(H,25,28). The molecule has 1 aliphatic heterocycles. The zero-order valence-corrected chi connectivity index (χ0v) is 19.8. The molecule has 8 nitrogen and oxygen atoms in total. The van der Waals surface area contributed by atoms with Crippen molar-refractivity contribution in [3.8, 4) is 5.75 Å². The van der Waals surface area contributed by atoms with Gasteiger partial charge in [-0.2, -0.15) is 8.42 Å². The third-order valence-electron chi connectivity index (χ3n) is 4.93. The van der Waals surface area contributed by atoms with E-state index in [1.54, 1.807) is 79.9 Å². The lowest BCUT2D eigenvalue weighted by molar-refractivity contribution is -0.121. The normalized spacial score (nSPS) is 17.1. The fraction of sp³-hybridized carbons (Fsp3) is 0.125. The second-order valence-electron chi connectivity index (χ2n) is 7.26. The van der Waals surface area contributed by atoms with Crippen molar-refractivity contribution in [3.63, 3.8) is 0 Å². The monoisotopic (exact) mass is 495 g/mol. The number of rotatable bonds is 7. The predicted molar refractivity (Wildman–Crippen MR) is 133 cm³/mol. The molecule has 0 spiro atoms. The van der Waals surface area contributed by atoms with Crippen LogP contribution in [0.3, 0.4) is 0 Å². The Morgan fingerprint density at radius 1 is 1.00 bits per heavy atom. The van der Waals surface area contributed by atoms with E-state index in [4.69, 9.17) is 4.74 Å². The Morgan fingerprint density at radius 3 is 2.24 bits per heavy atom. The van der Waals surface area contributed by atoms with Crippen LogP contribution in [0.15, 0.2) is 94.2 Å². The molecule has 0 aromatic heterocycles. The summed E-state index contributed by atoms with van der Waals surface area (Å²) >= 11 is 0.955. The van der Waals surface area contributed by atoms with Gasteiger partial charge in [0, 0.05) is 12.1 Å². The summed E-state index contributed by atoms with van der Waals surface area (Å²) in [7, 11) is -2.51. The Labute approximate surface area is 201 Å². The van der Waals surface area contributed by atoms with Gasteiger partial charge < -0.3 is 10.1 Å². The van der Waals surface area contributed by atoms with E-state index in [9.17, 15) is 18.0 Å². The average Bonchev–Trinajstić information content (AvgIpc) is 3.14. The maximum atomic E-state index is 13.2. The molecule has 34 heavy (non-hydrogen) atoms. The van der Waals surface area contributed by atoms with Crippen molar-refractivity contribution in [2.45, 2.75) is 16.6 Å². The van der Waals surface area contributed by atoms with Gasteiger partial charge in [0.2, 0.25) is 11.8 Å². The number of sulfonamides is 1. The van der Waals surface area contributed by atoms with Gasteiger partial charge in [-0.05, 0) is 48.5 Å². The number of benzene rings is 3. The Kier molecular flexibility index (Phi) is 6.99. The van der Waals surface area contributed by atoms with Crippen LogP contribution >= 0.6 is 11.8 Å². The first-order chi connectivity index (χ1) is 16.4. The van der Waals surface area contributed by atoms with E-state index >= 15 is 0 Å². The highest BCUT2D eigenvalue weighted by Gasteiger charge is 2.41. The number of nitrogens with one attached hydrogen (secondary N) is 1. The first kappa shape index (κ1) is 23.5. The fourth-order valence-electron chi connectivity index (χ4n) is 3.28. The van der Waals surface area contributed by atoms with Crippen LogP contribution in [0.25, 0.3) is 0 Å². The number of amides is 2. The van der Waals surface area contributed by atoms with Gasteiger partial charge in [-0.3, -0.25) is 14.5 Å². The third kappa shape index (κ3) is 5.29. The lowest BCUT2D eigenvalue weighted by atomic mass is 10.2. The molecule has 1 unspecified atom stereocenters. The van der Waals surface area contributed by atoms with Crippen LogP contribution in [-0.2, 0) is 19.6 Å². The van der Waals surface area contributed by atoms with Crippen molar-refractivity contribution >= 4 is 50.1 Å².